The molecule has 5 rings (SSSR count). The van der Waals surface area contributed by atoms with Crippen molar-refractivity contribution in [3.05, 3.63) is 0 Å². The number of nitriles is 1. The number of hydrogen-bond acceptors (Lipinski definition) is 2. The molecule has 4 bridgehead atoms. The van der Waals surface area contributed by atoms with E-state index in [-0.39, 0.29) is 5.54 Å². The van der Waals surface area contributed by atoms with E-state index in [4.69, 9.17) is 0 Å². The molecule has 110 valence electrons. The Labute approximate surface area is 123 Å². The molecule has 5 saturated carbocycles. The van der Waals surface area contributed by atoms with Crippen LogP contribution in [-0.4, -0.2) is 12.6 Å². The molecule has 0 radical (unpaired) electrons. The molecule has 2 nitrogen and oxygen atoms in total. The topological polar surface area (TPSA) is 35.8 Å². The average molecular weight is 272 g/mol. The molecule has 0 aromatic rings. The Morgan fingerprint density at radius 1 is 0.950 bits per heavy atom. The second-order valence-electron chi connectivity index (χ2n) is 8.50. The van der Waals surface area contributed by atoms with Gasteiger partial charge in [0.05, 0.1) is 6.07 Å². The summed E-state index contributed by atoms with van der Waals surface area (Å²) >= 11 is 0. The molecule has 0 saturated heterocycles. The van der Waals surface area contributed by atoms with E-state index in [9.17, 15) is 5.26 Å². The molecule has 0 aromatic heterocycles. The fraction of sp³-hybridized carbons (Fsp3) is 0.944. The highest BCUT2D eigenvalue weighted by atomic mass is 14.9. The lowest BCUT2D eigenvalue weighted by atomic mass is 9.45. The maximum Gasteiger partial charge on any atom is 0.106 e. The minimum atomic E-state index is -0.210. The Hall–Kier alpha value is -0.550. The molecule has 20 heavy (non-hydrogen) atoms. The first-order valence-electron chi connectivity index (χ1n) is 8.77. The first-order chi connectivity index (χ1) is 9.67. The molecule has 0 atom stereocenters. The van der Waals surface area contributed by atoms with Gasteiger partial charge in [-0.15, -0.1) is 0 Å². The zero-order chi connectivity index (χ0) is 13.8. The van der Waals surface area contributed by atoms with Crippen LogP contribution in [0.2, 0.25) is 0 Å². The van der Waals surface area contributed by atoms with Crippen LogP contribution in [0.4, 0.5) is 0 Å². The van der Waals surface area contributed by atoms with Gasteiger partial charge in [0.1, 0.15) is 5.54 Å². The monoisotopic (exact) mass is 272 g/mol. The summed E-state index contributed by atoms with van der Waals surface area (Å²) in [7, 11) is 1.97. The van der Waals surface area contributed by atoms with Gasteiger partial charge in [0, 0.05) is 0 Å². The van der Waals surface area contributed by atoms with E-state index in [0.717, 1.165) is 36.5 Å². The summed E-state index contributed by atoms with van der Waals surface area (Å²) in [5.74, 6) is 4.11. The fourth-order valence-corrected chi connectivity index (χ4v) is 6.82. The Kier molecular flexibility index (Phi) is 2.94. The molecule has 5 fully saturated rings. The van der Waals surface area contributed by atoms with Gasteiger partial charge >= 0.3 is 0 Å². The largest absolute Gasteiger partial charge is 0.302 e. The molecular formula is C18H28N2. The van der Waals surface area contributed by atoms with Crippen LogP contribution in [0.15, 0.2) is 0 Å². The van der Waals surface area contributed by atoms with Crippen LogP contribution in [0.25, 0.3) is 0 Å². The van der Waals surface area contributed by atoms with E-state index < -0.39 is 0 Å². The van der Waals surface area contributed by atoms with E-state index in [1.165, 1.54) is 32.1 Å². The van der Waals surface area contributed by atoms with Gasteiger partial charge < -0.3 is 5.32 Å². The molecule has 0 unspecified atom stereocenters. The molecule has 0 amide bonds. The van der Waals surface area contributed by atoms with Gasteiger partial charge in [-0.2, -0.15) is 5.26 Å². The third-order valence-electron chi connectivity index (χ3n) is 7.48. The zero-order valence-electron chi connectivity index (χ0n) is 12.8. The average Bonchev–Trinajstić information content (AvgIpc) is 2.46. The summed E-state index contributed by atoms with van der Waals surface area (Å²) in [6.45, 7) is 0. The smallest absolute Gasteiger partial charge is 0.106 e. The van der Waals surface area contributed by atoms with Gasteiger partial charge in [0.25, 0.3) is 0 Å². The summed E-state index contributed by atoms with van der Waals surface area (Å²) in [6, 6.07) is 2.55. The molecular weight excluding hydrogens is 244 g/mol. The van der Waals surface area contributed by atoms with Gasteiger partial charge in [0.15, 0.2) is 0 Å². The lowest BCUT2D eigenvalue weighted by molar-refractivity contribution is -0.0978. The highest BCUT2D eigenvalue weighted by Crippen LogP contribution is 2.64. The summed E-state index contributed by atoms with van der Waals surface area (Å²) in [5.41, 5.74) is 0.489. The van der Waals surface area contributed by atoms with Gasteiger partial charge in [-0.3, -0.25) is 0 Å². The Morgan fingerprint density at radius 3 is 1.85 bits per heavy atom. The van der Waals surface area contributed by atoms with Crippen molar-refractivity contribution in [3.8, 4) is 6.07 Å². The zero-order valence-corrected chi connectivity index (χ0v) is 12.8. The van der Waals surface area contributed by atoms with Crippen LogP contribution in [0.5, 0.6) is 0 Å². The van der Waals surface area contributed by atoms with Crippen LogP contribution < -0.4 is 5.32 Å². The van der Waals surface area contributed by atoms with E-state index in [0.29, 0.717) is 5.41 Å². The molecule has 0 heterocycles. The number of nitrogens with one attached hydrogen (secondary N) is 1. The van der Waals surface area contributed by atoms with Crippen LogP contribution in [0, 0.1) is 40.4 Å². The lowest BCUT2D eigenvalue weighted by Crippen LogP contribution is -2.52. The second kappa shape index (κ2) is 4.47. The van der Waals surface area contributed by atoms with E-state index in [1.54, 1.807) is 19.3 Å². The van der Waals surface area contributed by atoms with Crippen molar-refractivity contribution >= 4 is 0 Å². The second-order valence-corrected chi connectivity index (χ2v) is 8.50. The number of rotatable bonds is 2. The predicted octanol–water partition coefficient (Wildman–Crippen LogP) is 3.87. The van der Waals surface area contributed by atoms with Crippen LogP contribution in [0.3, 0.4) is 0 Å². The minimum absolute atomic E-state index is 0.210. The van der Waals surface area contributed by atoms with Crippen LogP contribution >= 0.6 is 0 Å². The quantitative estimate of drug-likeness (QED) is 0.828. The van der Waals surface area contributed by atoms with Crippen molar-refractivity contribution in [1.82, 2.24) is 5.32 Å². The molecule has 1 N–H and O–H groups in total. The van der Waals surface area contributed by atoms with Crippen LogP contribution in [-0.2, 0) is 0 Å². The van der Waals surface area contributed by atoms with Gasteiger partial charge in [-0.25, -0.2) is 0 Å². The standard InChI is InChI=1S/C18H28N2/c1-20-18(12-19)4-2-16(3-5-18)17-9-13-6-14(10-17)8-15(7-13)11-17/h13-16,20H,2-11H2,1H3. The SMILES string of the molecule is CNC1(C#N)CCC(C23CC4CC(CC(C4)C2)C3)CC1. The third-order valence-corrected chi connectivity index (χ3v) is 7.48. The normalized spacial score (nSPS) is 53.8. The van der Waals surface area contributed by atoms with Gasteiger partial charge in [-0.05, 0) is 100 Å². The molecule has 0 aliphatic heterocycles. The minimum Gasteiger partial charge on any atom is -0.302 e. The van der Waals surface area contributed by atoms with Gasteiger partial charge in [-0.1, -0.05) is 0 Å². The maximum atomic E-state index is 9.45. The summed E-state index contributed by atoms with van der Waals surface area (Å²) in [4.78, 5) is 0. The predicted molar refractivity (Wildman–Crippen MR) is 80.0 cm³/mol. The number of hydrogen-bond donors (Lipinski definition) is 1. The molecule has 5 aliphatic carbocycles. The third kappa shape index (κ3) is 1.86. The summed E-state index contributed by atoms with van der Waals surface area (Å²) in [5, 5.41) is 12.7. The summed E-state index contributed by atoms with van der Waals surface area (Å²) < 4.78 is 0. The molecule has 5 aliphatic rings. The Morgan fingerprint density at radius 2 is 1.45 bits per heavy atom. The Bertz CT molecular complexity index is 390. The summed E-state index contributed by atoms with van der Waals surface area (Å²) in [6.07, 6.45) is 14.0. The number of nitrogens with zero attached hydrogens (tertiary/aromatic N) is 1. The molecule has 0 aromatic carbocycles. The first-order valence-corrected chi connectivity index (χ1v) is 8.77. The van der Waals surface area contributed by atoms with E-state index in [2.05, 4.69) is 11.4 Å². The maximum absolute atomic E-state index is 9.45. The van der Waals surface area contributed by atoms with Crippen molar-refractivity contribution < 1.29 is 0 Å². The van der Waals surface area contributed by atoms with Crippen molar-refractivity contribution in [1.29, 1.82) is 5.26 Å². The van der Waals surface area contributed by atoms with Crippen molar-refractivity contribution in [3.63, 3.8) is 0 Å². The highest BCUT2D eigenvalue weighted by molar-refractivity contribution is 5.12. The van der Waals surface area contributed by atoms with E-state index in [1.807, 2.05) is 7.05 Å². The van der Waals surface area contributed by atoms with Gasteiger partial charge in [0.2, 0.25) is 0 Å². The first kappa shape index (κ1) is 13.1. The van der Waals surface area contributed by atoms with E-state index >= 15 is 0 Å². The highest BCUT2D eigenvalue weighted by Gasteiger charge is 2.55. The lowest BCUT2D eigenvalue weighted by Gasteiger charge is -2.60. The van der Waals surface area contributed by atoms with Crippen molar-refractivity contribution in [2.24, 2.45) is 29.1 Å². The van der Waals surface area contributed by atoms with Crippen molar-refractivity contribution in [2.45, 2.75) is 69.7 Å². The van der Waals surface area contributed by atoms with Crippen molar-refractivity contribution in [2.75, 3.05) is 7.05 Å². The molecule has 2 heteroatoms. The van der Waals surface area contributed by atoms with Crippen LogP contribution in [0.1, 0.15) is 64.2 Å². The molecule has 0 spiro atoms. The Balaban J connectivity index is 1.51. The fourth-order valence-electron chi connectivity index (χ4n) is 6.82.